The molecule has 35 heavy (non-hydrogen) atoms. The van der Waals surface area contributed by atoms with Gasteiger partial charge in [-0.05, 0) is 28.2 Å². The van der Waals surface area contributed by atoms with Crippen LogP contribution < -0.4 is 10.6 Å². The van der Waals surface area contributed by atoms with Crippen LogP contribution in [0.15, 0.2) is 54.7 Å². The first-order valence-corrected chi connectivity index (χ1v) is 12.2. The van der Waals surface area contributed by atoms with E-state index in [2.05, 4.69) is 39.9 Å². The van der Waals surface area contributed by atoms with Crippen molar-refractivity contribution in [1.82, 2.24) is 15.6 Å². The molecule has 1 aromatic heterocycles. The lowest BCUT2D eigenvalue weighted by Crippen LogP contribution is -2.39. The van der Waals surface area contributed by atoms with Gasteiger partial charge in [-0.25, -0.2) is 9.78 Å². The molecule has 0 fully saturated rings. The summed E-state index contributed by atoms with van der Waals surface area (Å²) in [6.45, 7) is 4.04. The van der Waals surface area contributed by atoms with Crippen LogP contribution in [0.2, 0.25) is 0 Å². The largest absolute Gasteiger partial charge is 0.481 e. The van der Waals surface area contributed by atoms with E-state index in [0.717, 1.165) is 33.6 Å². The molecule has 1 aliphatic carbocycles. The Morgan fingerprint density at radius 3 is 2.29 bits per heavy atom. The first kappa shape index (κ1) is 24.4. The highest BCUT2D eigenvalue weighted by atomic mass is 32.1. The number of hydrogen-bond acceptors (Lipinski definition) is 6. The van der Waals surface area contributed by atoms with E-state index in [4.69, 9.17) is 9.84 Å². The number of carbonyl (C=O) groups is 3. The van der Waals surface area contributed by atoms with Gasteiger partial charge in [0.25, 0.3) is 5.91 Å². The lowest BCUT2D eigenvalue weighted by molar-refractivity contribution is -0.137. The Kier molecular flexibility index (Phi) is 7.45. The van der Waals surface area contributed by atoms with Gasteiger partial charge in [-0.15, -0.1) is 11.3 Å². The molecule has 1 atom stereocenters. The number of ether oxygens (including phenoxy) is 1. The van der Waals surface area contributed by atoms with Crippen LogP contribution in [0.1, 0.15) is 52.0 Å². The molecule has 8 nitrogen and oxygen atoms in total. The van der Waals surface area contributed by atoms with Crippen molar-refractivity contribution in [3.63, 3.8) is 0 Å². The van der Waals surface area contributed by atoms with Crippen LogP contribution in [-0.4, -0.2) is 40.7 Å². The van der Waals surface area contributed by atoms with Crippen LogP contribution in [0.3, 0.4) is 0 Å². The molecule has 0 radical (unpaired) electrons. The van der Waals surface area contributed by atoms with E-state index in [0.29, 0.717) is 9.88 Å². The van der Waals surface area contributed by atoms with Gasteiger partial charge in [-0.3, -0.25) is 9.59 Å². The summed E-state index contributed by atoms with van der Waals surface area (Å²) in [4.78, 5) is 40.4. The van der Waals surface area contributed by atoms with Gasteiger partial charge in [0, 0.05) is 12.0 Å². The SMILES string of the molecule is CC(C)C(CC(=O)O)NC(=O)c1cnc(CNC(=O)OCC2c3ccccc3-c3ccccc32)s1. The normalized spacial score (nSPS) is 13.1. The van der Waals surface area contributed by atoms with Crippen molar-refractivity contribution in [3.05, 3.63) is 75.7 Å². The molecular weight excluding hydrogens is 466 g/mol. The average molecular weight is 494 g/mol. The van der Waals surface area contributed by atoms with Crippen molar-refractivity contribution in [3.8, 4) is 11.1 Å². The first-order chi connectivity index (χ1) is 16.8. The molecule has 0 bridgehead atoms. The molecule has 9 heteroatoms. The smallest absolute Gasteiger partial charge is 0.407 e. The number of nitrogens with one attached hydrogen (secondary N) is 2. The first-order valence-electron chi connectivity index (χ1n) is 11.4. The van der Waals surface area contributed by atoms with Crippen molar-refractivity contribution in [2.75, 3.05) is 6.61 Å². The molecule has 2 amide bonds. The molecule has 0 spiro atoms. The zero-order valence-electron chi connectivity index (χ0n) is 19.5. The third-order valence-electron chi connectivity index (χ3n) is 6.02. The number of benzene rings is 2. The molecule has 3 N–H and O–H groups in total. The monoisotopic (exact) mass is 493 g/mol. The maximum Gasteiger partial charge on any atom is 0.407 e. The minimum Gasteiger partial charge on any atom is -0.481 e. The number of alkyl carbamates (subject to hydrolysis) is 1. The maximum atomic E-state index is 12.5. The third kappa shape index (κ3) is 5.68. The van der Waals surface area contributed by atoms with Gasteiger partial charge in [-0.1, -0.05) is 62.4 Å². The summed E-state index contributed by atoms with van der Waals surface area (Å²) in [5.41, 5.74) is 4.60. The van der Waals surface area contributed by atoms with Gasteiger partial charge < -0.3 is 20.5 Å². The Labute approximate surface area is 207 Å². The minimum absolute atomic E-state index is 0.0250. The summed E-state index contributed by atoms with van der Waals surface area (Å²) < 4.78 is 5.52. The number of carboxylic acid groups (broad SMARTS) is 1. The standard InChI is InChI=1S/C26H27N3O5S/c1-15(2)21(11-24(30)31)29-25(32)22-12-27-23(35-22)13-28-26(33)34-14-20-18-9-5-3-7-16(18)17-8-4-6-10-19(17)20/h3-10,12,15,20-21H,11,13-14H2,1-2H3,(H,28,33)(H,29,32)(H,30,31). The van der Waals surface area contributed by atoms with Gasteiger partial charge in [-0.2, -0.15) is 0 Å². The average Bonchev–Trinajstić information content (AvgIpc) is 3.44. The fourth-order valence-corrected chi connectivity index (χ4v) is 4.94. The Balaban J connectivity index is 1.30. The van der Waals surface area contributed by atoms with Crippen LogP contribution in [0.25, 0.3) is 11.1 Å². The number of nitrogens with zero attached hydrogens (tertiary/aromatic N) is 1. The molecule has 182 valence electrons. The molecule has 3 aromatic rings. The van der Waals surface area contributed by atoms with Crippen LogP contribution in [0.4, 0.5) is 4.79 Å². The van der Waals surface area contributed by atoms with Crippen molar-refractivity contribution < 1.29 is 24.2 Å². The quantitative estimate of drug-likeness (QED) is 0.406. The molecule has 1 aliphatic rings. The summed E-state index contributed by atoms with van der Waals surface area (Å²) in [7, 11) is 0. The molecule has 0 aliphatic heterocycles. The number of rotatable bonds is 9. The van der Waals surface area contributed by atoms with Crippen molar-refractivity contribution in [2.24, 2.45) is 5.92 Å². The molecule has 2 aromatic carbocycles. The molecule has 1 unspecified atom stereocenters. The number of aliphatic carboxylic acids is 1. The Morgan fingerprint density at radius 2 is 1.69 bits per heavy atom. The highest BCUT2D eigenvalue weighted by Crippen LogP contribution is 2.44. The minimum atomic E-state index is -0.971. The second-order valence-corrected chi connectivity index (χ2v) is 9.83. The summed E-state index contributed by atoms with van der Waals surface area (Å²) in [5.74, 6) is -1.41. The number of hydrogen-bond donors (Lipinski definition) is 3. The lowest BCUT2D eigenvalue weighted by Gasteiger charge is -2.19. The number of carbonyl (C=O) groups excluding carboxylic acids is 2. The van der Waals surface area contributed by atoms with E-state index in [1.807, 2.05) is 38.1 Å². The van der Waals surface area contributed by atoms with Crippen molar-refractivity contribution >= 4 is 29.3 Å². The number of amides is 2. The van der Waals surface area contributed by atoms with Crippen LogP contribution in [0.5, 0.6) is 0 Å². The van der Waals surface area contributed by atoms with Gasteiger partial charge in [0.05, 0.1) is 19.2 Å². The molecule has 1 heterocycles. The molecular formula is C26H27N3O5S. The zero-order valence-corrected chi connectivity index (χ0v) is 20.3. The summed E-state index contributed by atoms with van der Waals surface area (Å²) >= 11 is 1.14. The van der Waals surface area contributed by atoms with E-state index < -0.39 is 18.1 Å². The maximum absolute atomic E-state index is 12.5. The van der Waals surface area contributed by atoms with Crippen LogP contribution in [-0.2, 0) is 16.1 Å². The number of thiazole rings is 1. The Bertz CT molecular complexity index is 1190. The topological polar surface area (TPSA) is 118 Å². The van der Waals surface area contributed by atoms with E-state index in [1.165, 1.54) is 6.20 Å². The zero-order chi connectivity index (χ0) is 24.9. The third-order valence-corrected chi connectivity index (χ3v) is 7.02. The number of carboxylic acids is 1. The fraction of sp³-hybridized carbons (Fsp3) is 0.308. The molecule has 0 saturated heterocycles. The van der Waals surface area contributed by atoms with E-state index >= 15 is 0 Å². The summed E-state index contributed by atoms with van der Waals surface area (Å²) in [6.07, 6.45) is 0.708. The van der Waals surface area contributed by atoms with Gasteiger partial charge >= 0.3 is 12.1 Å². The van der Waals surface area contributed by atoms with Crippen LogP contribution >= 0.6 is 11.3 Å². The Morgan fingerprint density at radius 1 is 1.06 bits per heavy atom. The predicted octanol–water partition coefficient (Wildman–Crippen LogP) is 4.41. The van der Waals surface area contributed by atoms with Crippen molar-refractivity contribution in [1.29, 1.82) is 0 Å². The second-order valence-electron chi connectivity index (χ2n) is 8.72. The van der Waals surface area contributed by atoms with Crippen LogP contribution in [0, 0.1) is 5.92 Å². The van der Waals surface area contributed by atoms with E-state index in [1.54, 1.807) is 0 Å². The predicted molar refractivity (Wildman–Crippen MR) is 132 cm³/mol. The van der Waals surface area contributed by atoms with E-state index in [-0.39, 0.29) is 37.3 Å². The second kappa shape index (κ2) is 10.7. The highest BCUT2D eigenvalue weighted by molar-refractivity contribution is 7.13. The van der Waals surface area contributed by atoms with Gasteiger partial charge in [0.15, 0.2) is 0 Å². The summed E-state index contributed by atoms with van der Waals surface area (Å²) in [6, 6.07) is 15.8. The van der Waals surface area contributed by atoms with Gasteiger partial charge in [0.2, 0.25) is 0 Å². The van der Waals surface area contributed by atoms with Crippen molar-refractivity contribution in [2.45, 2.75) is 38.8 Å². The summed E-state index contributed by atoms with van der Waals surface area (Å²) in [5, 5.41) is 15.0. The Hall–Kier alpha value is -3.72. The molecule has 0 saturated carbocycles. The van der Waals surface area contributed by atoms with Gasteiger partial charge in [0.1, 0.15) is 16.5 Å². The number of aromatic nitrogens is 1. The fourth-order valence-electron chi connectivity index (χ4n) is 4.18. The van der Waals surface area contributed by atoms with E-state index in [9.17, 15) is 14.4 Å². The number of fused-ring (bicyclic) bond motifs is 3. The molecule has 4 rings (SSSR count). The highest BCUT2D eigenvalue weighted by Gasteiger charge is 2.29. The lowest BCUT2D eigenvalue weighted by atomic mass is 9.98.